The number of nitrogens with one attached hydrogen (secondary N) is 1. The second-order valence-corrected chi connectivity index (χ2v) is 9.83. The van der Waals surface area contributed by atoms with Crippen molar-refractivity contribution in [2.75, 3.05) is 5.32 Å². The second-order valence-electron chi connectivity index (χ2n) is 9.83. The third kappa shape index (κ3) is 2.21. The number of aromatic nitrogens is 3. The minimum atomic E-state index is -0.724. The van der Waals surface area contributed by atoms with E-state index in [0.717, 1.165) is 46.6 Å². The molecular formula is C27H26N4O. The van der Waals surface area contributed by atoms with Crippen molar-refractivity contribution in [3.63, 3.8) is 0 Å². The molecule has 32 heavy (non-hydrogen) atoms. The summed E-state index contributed by atoms with van der Waals surface area (Å²) in [5.41, 5.74) is 4.09. The van der Waals surface area contributed by atoms with Crippen molar-refractivity contribution in [3.05, 3.63) is 84.4 Å². The number of hydrogen-bond acceptors (Lipinski definition) is 3. The Labute approximate surface area is 187 Å². The zero-order chi connectivity index (χ0) is 22.1. The number of nitrogens with zero attached hydrogens (tertiary/aromatic N) is 3. The lowest BCUT2D eigenvalue weighted by molar-refractivity contribution is -0.125. The molecule has 5 nitrogen and oxygen atoms in total. The molecule has 0 spiro atoms. The van der Waals surface area contributed by atoms with Gasteiger partial charge in [-0.2, -0.15) is 0 Å². The number of benzene rings is 2. The molecule has 1 amide bonds. The third-order valence-electron chi connectivity index (χ3n) is 8.37. The summed E-state index contributed by atoms with van der Waals surface area (Å²) in [6.07, 6.45) is 5.67. The second kappa shape index (κ2) is 6.28. The predicted molar refractivity (Wildman–Crippen MR) is 126 cm³/mol. The van der Waals surface area contributed by atoms with Crippen LogP contribution in [-0.4, -0.2) is 20.4 Å². The molecule has 1 N–H and O–H groups in total. The van der Waals surface area contributed by atoms with Gasteiger partial charge < -0.3 is 9.88 Å². The molecule has 1 fully saturated rings. The molecule has 5 heteroatoms. The molecule has 0 saturated heterocycles. The van der Waals surface area contributed by atoms with E-state index >= 15 is 0 Å². The maximum atomic E-state index is 14.2. The van der Waals surface area contributed by atoms with E-state index < -0.39 is 5.41 Å². The normalized spacial score (nSPS) is 25.1. The van der Waals surface area contributed by atoms with Crippen LogP contribution in [0.5, 0.6) is 0 Å². The Bertz CT molecular complexity index is 1370. The summed E-state index contributed by atoms with van der Waals surface area (Å²) in [7, 11) is 0. The van der Waals surface area contributed by atoms with Crippen LogP contribution in [0.25, 0.3) is 16.7 Å². The van der Waals surface area contributed by atoms with Crippen molar-refractivity contribution < 1.29 is 4.79 Å². The van der Waals surface area contributed by atoms with Gasteiger partial charge in [-0.05, 0) is 54.7 Å². The fraction of sp³-hybridized carbons (Fsp3) is 0.296. The zero-order valence-corrected chi connectivity index (χ0v) is 18.6. The summed E-state index contributed by atoms with van der Waals surface area (Å²) >= 11 is 0. The SMILES string of the molecule is CC12CCC(C(=O)Nc3ccccc3-n3cccc3)(c3nc4ccccc4nc31)C2(C)C. The van der Waals surface area contributed by atoms with Gasteiger partial charge in [-0.1, -0.05) is 45.0 Å². The number of carbonyl (C=O) groups is 1. The van der Waals surface area contributed by atoms with Crippen molar-refractivity contribution in [1.82, 2.24) is 14.5 Å². The zero-order valence-electron chi connectivity index (χ0n) is 18.6. The van der Waals surface area contributed by atoms with Gasteiger partial charge in [0.2, 0.25) is 5.91 Å². The Morgan fingerprint density at radius 2 is 1.47 bits per heavy atom. The van der Waals surface area contributed by atoms with E-state index in [2.05, 4.69) is 26.1 Å². The highest BCUT2D eigenvalue weighted by Gasteiger charge is 2.73. The quantitative estimate of drug-likeness (QED) is 0.482. The third-order valence-corrected chi connectivity index (χ3v) is 8.37. The van der Waals surface area contributed by atoms with E-state index in [9.17, 15) is 4.79 Å². The number of amides is 1. The van der Waals surface area contributed by atoms with Crippen LogP contribution in [0.3, 0.4) is 0 Å². The lowest BCUT2D eigenvalue weighted by Gasteiger charge is -2.39. The highest BCUT2D eigenvalue weighted by atomic mass is 16.2. The standard InChI is InChI=1S/C27H26N4O/c1-25(2)26(3)14-15-27(25,23-22(26)28-18-10-4-5-11-19(18)29-23)24(32)30-20-12-6-7-13-21(20)31-16-8-9-17-31/h4-13,16-17H,14-15H2,1-3H3,(H,30,32). The Kier molecular flexibility index (Phi) is 3.78. The topological polar surface area (TPSA) is 59.8 Å². The van der Waals surface area contributed by atoms with E-state index in [1.807, 2.05) is 77.6 Å². The van der Waals surface area contributed by atoms with E-state index in [-0.39, 0.29) is 16.7 Å². The van der Waals surface area contributed by atoms with E-state index in [0.29, 0.717) is 0 Å². The molecule has 2 aromatic carbocycles. The molecule has 1 saturated carbocycles. The summed E-state index contributed by atoms with van der Waals surface area (Å²) < 4.78 is 2.02. The van der Waals surface area contributed by atoms with Crippen LogP contribution >= 0.6 is 0 Å². The minimum absolute atomic E-state index is 0.00848. The van der Waals surface area contributed by atoms with Crippen molar-refractivity contribution in [3.8, 4) is 5.69 Å². The summed E-state index contributed by atoms with van der Waals surface area (Å²) in [6, 6.07) is 19.9. The highest BCUT2D eigenvalue weighted by molar-refractivity contribution is 6.03. The molecule has 2 heterocycles. The van der Waals surface area contributed by atoms with Crippen molar-refractivity contribution in [1.29, 1.82) is 0 Å². The van der Waals surface area contributed by atoms with Crippen LogP contribution in [0.4, 0.5) is 5.69 Å². The average molecular weight is 423 g/mol. The number of hydrogen-bond donors (Lipinski definition) is 1. The lowest BCUT2D eigenvalue weighted by atomic mass is 9.63. The Balaban J connectivity index is 1.51. The molecule has 0 aliphatic heterocycles. The van der Waals surface area contributed by atoms with Crippen LogP contribution in [-0.2, 0) is 15.6 Å². The van der Waals surface area contributed by atoms with Gasteiger partial charge in [0, 0.05) is 17.8 Å². The summed E-state index contributed by atoms with van der Waals surface area (Å²) in [4.78, 5) is 24.3. The van der Waals surface area contributed by atoms with Crippen LogP contribution < -0.4 is 5.32 Å². The highest BCUT2D eigenvalue weighted by Crippen LogP contribution is 2.70. The molecule has 2 aliphatic rings. The lowest BCUT2D eigenvalue weighted by Crippen LogP contribution is -2.48. The van der Waals surface area contributed by atoms with Gasteiger partial charge in [-0.3, -0.25) is 4.79 Å². The molecule has 0 radical (unpaired) electrons. The number of rotatable bonds is 3. The largest absolute Gasteiger partial charge is 0.323 e. The monoisotopic (exact) mass is 422 g/mol. The fourth-order valence-electron chi connectivity index (χ4n) is 6.08. The fourth-order valence-corrected chi connectivity index (χ4v) is 6.08. The molecular weight excluding hydrogens is 396 g/mol. The predicted octanol–water partition coefficient (Wildman–Crippen LogP) is 5.39. The molecule has 4 aromatic rings. The van der Waals surface area contributed by atoms with Gasteiger partial charge in [0.05, 0.1) is 39.2 Å². The van der Waals surface area contributed by atoms with Gasteiger partial charge in [-0.25, -0.2) is 9.97 Å². The molecule has 2 bridgehead atoms. The maximum Gasteiger partial charge on any atom is 0.237 e. The van der Waals surface area contributed by atoms with Crippen LogP contribution in [0.15, 0.2) is 73.1 Å². The average Bonchev–Trinajstić information content (AvgIpc) is 3.43. The number of fused-ring (bicyclic) bond motifs is 6. The van der Waals surface area contributed by atoms with Gasteiger partial charge in [0.1, 0.15) is 0 Å². The first-order valence-electron chi connectivity index (χ1n) is 11.2. The number of para-hydroxylation sites is 4. The van der Waals surface area contributed by atoms with Crippen LogP contribution in [0.1, 0.15) is 45.0 Å². The van der Waals surface area contributed by atoms with Crippen molar-refractivity contribution >= 4 is 22.6 Å². The van der Waals surface area contributed by atoms with E-state index in [1.54, 1.807) is 0 Å². The van der Waals surface area contributed by atoms with Crippen molar-refractivity contribution in [2.45, 2.75) is 44.4 Å². The molecule has 2 unspecified atom stereocenters. The first-order chi connectivity index (χ1) is 15.4. The molecule has 2 aliphatic carbocycles. The summed E-state index contributed by atoms with van der Waals surface area (Å²) in [5.74, 6) is 0.00848. The van der Waals surface area contributed by atoms with Gasteiger partial charge in [0.15, 0.2) is 0 Å². The first-order valence-corrected chi connectivity index (χ1v) is 11.2. The smallest absolute Gasteiger partial charge is 0.237 e. The van der Waals surface area contributed by atoms with Crippen molar-refractivity contribution in [2.24, 2.45) is 5.41 Å². The Morgan fingerprint density at radius 1 is 0.844 bits per heavy atom. The minimum Gasteiger partial charge on any atom is -0.323 e. The number of anilines is 1. The molecule has 6 rings (SSSR count). The summed E-state index contributed by atoms with van der Waals surface area (Å²) in [6.45, 7) is 6.68. The van der Waals surface area contributed by atoms with E-state index in [4.69, 9.17) is 9.97 Å². The molecule has 2 aromatic heterocycles. The Hall–Kier alpha value is -3.47. The Morgan fingerprint density at radius 3 is 2.19 bits per heavy atom. The van der Waals surface area contributed by atoms with Crippen LogP contribution in [0, 0.1) is 5.41 Å². The molecule has 160 valence electrons. The van der Waals surface area contributed by atoms with Gasteiger partial charge in [-0.15, -0.1) is 0 Å². The van der Waals surface area contributed by atoms with Gasteiger partial charge >= 0.3 is 0 Å². The van der Waals surface area contributed by atoms with E-state index in [1.165, 1.54) is 0 Å². The van der Waals surface area contributed by atoms with Crippen LogP contribution in [0.2, 0.25) is 0 Å². The first kappa shape index (κ1) is 19.2. The number of carbonyl (C=O) groups excluding carboxylic acids is 1. The maximum absolute atomic E-state index is 14.2. The molecule has 2 atom stereocenters. The summed E-state index contributed by atoms with van der Waals surface area (Å²) in [5, 5.41) is 3.29. The van der Waals surface area contributed by atoms with Gasteiger partial charge in [0.25, 0.3) is 0 Å².